The van der Waals surface area contributed by atoms with Gasteiger partial charge in [-0.25, -0.2) is 4.57 Å². The molecule has 57 heavy (non-hydrogen) atoms. The monoisotopic (exact) mass is 814 g/mol. The van der Waals surface area contributed by atoms with E-state index in [-0.39, 0.29) is 32.6 Å². The van der Waals surface area contributed by atoms with Crippen molar-refractivity contribution in [2.24, 2.45) is 5.73 Å². The van der Waals surface area contributed by atoms with E-state index in [4.69, 9.17) is 24.3 Å². The summed E-state index contributed by atoms with van der Waals surface area (Å²) in [6.07, 6.45) is 55.7. The molecule has 0 aliphatic carbocycles. The Balaban J connectivity index is 4.40. The first-order valence-corrected chi connectivity index (χ1v) is 22.9. The maximum Gasteiger partial charge on any atom is 0.472 e. The van der Waals surface area contributed by atoms with Gasteiger partial charge in [0.2, 0.25) is 0 Å². The minimum absolute atomic E-state index is 0.0299. The number of carbonyl (C=O) groups excluding carboxylic acids is 2. The Labute approximate surface area is 346 Å². The first-order valence-electron chi connectivity index (χ1n) is 21.4. The van der Waals surface area contributed by atoms with Gasteiger partial charge in [0.05, 0.1) is 13.2 Å². The number of hydrogen-bond acceptors (Lipinski definition) is 8. The van der Waals surface area contributed by atoms with E-state index in [0.29, 0.717) is 19.3 Å². The topological polar surface area (TPSA) is 134 Å². The zero-order chi connectivity index (χ0) is 41.8. The van der Waals surface area contributed by atoms with Gasteiger partial charge in [0, 0.05) is 19.4 Å². The van der Waals surface area contributed by atoms with E-state index < -0.39 is 32.5 Å². The smallest absolute Gasteiger partial charge is 0.462 e. The quantitative estimate of drug-likeness (QED) is 0.0270. The van der Waals surface area contributed by atoms with Crippen molar-refractivity contribution in [2.45, 2.75) is 148 Å². The van der Waals surface area contributed by atoms with Gasteiger partial charge < -0.3 is 20.1 Å². The molecule has 1 unspecified atom stereocenters. The van der Waals surface area contributed by atoms with Gasteiger partial charge in [0.15, 0.2) is 6.10 Å². The molecule has 2 atom stereocenters. The highest BCUT2D eigenvalue weighted by atomic mass is 31.2. The fourth-order valence-electron chi connectivity index (χ4n) is 5.03. The van der Waals surface area contributed by atoms with Crippen LogP contribution in [0.25, 0.3) is 0 Å². The number of carbonyl (C=O) groups is 2. The Morgan fingerprint density at radius 2 is 1.00 bits per heavy atom. The Kier molecular flexibility index (Phi) is 39.8. The summed E-state index contributed by atoms with van der Waals surface area (Å²) < 4.78 is 32.6. The number of nitrogens with two attached hydrogens (primary N) is 1. The van der Waals surface area contributed by atoms with E-state index in [2.05, 4.69) is 105 Å². The second-order valence-corrected chi connectivity index (χ2v) is 14.9. The summed E-state index contributed by atoms with van der Waals surface area (Å²) in [6.45, 7) is 3.43. The predicted molar refractivity (Wildman–Crippen MR) is 238 cm³/mol. The van der Waals surface area contributed by atoms with Crippen LogP contribution in [0.1, 0.15) is 142 Å². The summed E-state index contributed by atoms with van der Waals surface area (Å²) in [5.74, 6) is -1.00. The summed E-state index contributed by atoms with van der Waals surface area (Å²) >= 11 is 0. The van der Waals surface area contributed by atoms with Gasteiger partial charge in [-0.05, 0) is 83.5 Å². The van der Waals surface area contributed by atoms with Crippen LogP contribution in [0.5, 0.6) is 0 Å². The van der Waals surface area contributed by atoms with Crippen LogP contribution >= 0.6 is 7.82 Å². The van der Waals surface area contributed by atoms with Crippen molar-refractivity contribution >= 4 is 19.8 Å². The molecule has 0 aromatic rings. The molecular formula is C47H76NO8P. The van der Waals surface area contributed by atoms with Crippen molar-refractivity contribution in [3.63, 3.8) is 0 Å². The molecule has 0 aromatic heterocycles. The number of unbranched alkanes of at least 4 members (excludes halogenated alkanes) is 7. The molecule has 0 aliphatic rings. The van der Waals surface area contributed by atoms with Crippen LogP contribution in [0.2, 0.25) is 0 Å². The SMILES string of the molecule is CC/C=C/C/C=C/C/C=C/C/C=C/C/C=C/C/C=C/CCC(=O)OC[C@H](COP(=O)(O)OCCN)OC(=O)CCC/C=C/C/C=C/C/C=C/CCCCCCCC. The average Bonchev–Trinajstić information content (AvgIpc) is 3.20. The van der Waals surface area contributed by atoms with Crippen LogP contribution < -0.4 is 5.73 Å². The third-order valence-electron chi connectivity index (χ3n) is 8.16. The second kappa shape index (κ2) is 42.3. The maximum absolute atomic E-state index is 12.6. The van der Waals surface area contributed by atoms with Crippen molar-refractivity contribution in [1.82, 2.24) is 0 Å². The van der Waals surface area contributed by atoms with Crippen LogP contribution in [0.15, 0.2) is 109 Å². The summed E-state index contributed by atoms with van der Waals surface area (Å²) in [4.78, 5) is 34.8. The number of hydrogen-bond donors (Lipinski definition) is 2. The summed E-state index contributed by atoms with van der Waals surface area (Å²) in [6, 6.07) is 0. The molecule has 322 valence electrons. The lowest BCUT2D eigenvalue weighted by Crippen LogP contribution is -2.29. The Morgan fingerprint density at radius 1 is 0.544 bits per heavy atom. The zero-order valence-electron chi connectivity index (χ0n) is 35.3. The number of phosphoric ester groups is 1. The van der Waals surface area contributed by atoms with Crippen molar-refractivity contribution in [3.05, 3.63) is 109 Å². The molecule has 0 saturated heterocycles. The molecule has 10 heteroatoms. The van der Waals surface area contributed by atoms with E-state index in [9.17, 15) is 19.0 Å². The molecule has 0 amide bonds. The Hall–Kier alpha value is -3.33. The van der Waals surface area contributed by atoms with Gasteiger partial charge in [-0.2, -0.15) is 0 Å². The molecular weight excluding hydrogens is 737 g/mol. The third-order valence-corrected chi connectivity index (χ3v) is 9.14. The number of allylic oxidation sites excluding steroid dienone is 18. The predicted octanol–water partition coefficient (Wildman–Crippen LogP) is 12.4. The molecule has 0 saturated carbocycles. The minimum Gasteiger partial charge on any atom is -0.462 e. The molecule has 0 heterocycles. The van der Waals surface area contributed by atoms with Gasteiger partial charge in [-0.15, -0.1) is 0 Å². The van der Waals surface area contributed by atoms with E-state index in [0.717, 1.165) is 57.8 Å². The molecule has 3 N–H and O–H groups in total. The number of ether oxygens (including phenoxy) is 2. The van der Waals surface area contributed by atoms with Gasteiger partial charge in [-0.1, -0.05) is 155 Å². The summed E-state index contributed by atoms with van der Waals surface area (Å²) in [7, 11) is -4.41. The van der Waals surface area contributed by atoms with Gasteiger partial charge >= 0.3 is 19.8 Å². The van der Waals surface area contributed by atoms with Crippen LogP contribution in [0, 0.1) is 0 Å². The molecule has 0 aromatic carbocycles. The largest absolute Gasteiger partial charge is 0.472 e. The van der Waals surface area contributed by atoms with Crippen LogP contribution in [-0.2, 0) is 32.7 Å². The van der Waals surface area contributed by atoms with Crippen LogP contribution in [0.3, 0.4) is 0 Å². The van der Waals surface area contributed by atoms with Crippen molar-refractivity contribution in [1.29, 1.82) is 0 Å². The highest BCUT2D eigenvalue weighted by Crippen LogP contribution is 2.43. The van der Waals surface area contributed by atoms with E-state index in [1.165, 1.54) is 38.5 Å². The molecule has 0 bridgehead atoms. The highest BCUT2D eigenvalue weighted by Gasteiger charge is 2.25. The van der Waals surface area contributed by atoms with E-state index >= 15 is 0 Å². The van der Waals surface area contributed by atoms with Gasteiger partial charge in [0.1, 0.15) is 6.61 Å². The van der Waals surface area contributed by atoms with Gasteiger partial charge in [0.25, 0.3) is 0 Å². The number of esters is 2. The third kappa shape index (κ3) is 42.1. The van der Waals surface area contributed by atoms with Crippen molar-refractivity contribution < 1.29 is 37.6 Å². The lowest BCUT2D eigenvalue weighted by atomic mass is 10.1. The van der Waals surface area contributed by atoms with Gasteiger partial charge in [-0.3, -0.25) is 18.6 Å². The maximum atomic E-state index is 12.6. The van der Waals surface area contributed by atoms with E-state index in [1.54, 1.807) is 0 Å². The van der Waals surface area contributed by atoms with Crippen LogP contribution in [-0.4, -0.2) is 49.3 Å². The number of phosphoric acid groups is 1. The summed E-state index contributed by atoms with van der Waals surface area (Å²) in [5.41, 5.74) is 5.34. The van der Waals surface area contributed by atoms with Crippen molar-refractivity contribution in [2.75, 3.05) is 26.4 Å². The minimum atomic E-state index is -4.41. The lowest BCUT2D eigenvalue weighted by Gasteiger charge is -2.19. The highest BCUT2D eigenvalue weighted by molar-refractivity contribution is 7.47. The zero-order valence-corrected chi connectivity index (χ0v) is 36.2. The Morgan fingerprint density at radius 3 is 1.51 bits per heavy atom. The Bertz CT molecular complexity index is 1290. The average molecular weight is 814 g/mol. The molecule has 0 spiro atoms. The first-order chi connectivity index (χ1) is 27.8. The second-order valence-electron chi connectivity index (χ2n) is 13.5. The first kappa shape index (κ1) is 53.7. The van der Waals surface area contributed by atoms with Crippen molar-refractivity contribution in [3.8, 4) is 0 Å². The standard InChI is InChI=1S/C47H76NO8P/c1-3-5-7-9-11-13-15-17-19-21-22-24-25-27-29-31-33-35-37-39-46(49)53-43-45(44-55-57(51,52)54-42-41-48)56-47(50)40-38-36-34-32-30-28-26-23-20-18-16-14-12-10-8-6-4-2/h5,7,11,13,17-20,22,24,26-29,32-35,45H,3-4,6,8-10,12,14-16,21,23,25,30-31,36-44,48H2,1-2H3,(H,51,52)/b7-5+,13-11+,19-17+,20-18+,24-22+,28-26+,29-27+,34-32+,35-33+/t45-/m1/s1. The molecule has 0 rings (SSSR count). The summed E-state index contributed by atoms with van der Waals surface area (Å²) in [5, 5.41) is 0. The molecule has 9 nitrogen and oxygen atoms in total. The molecule has 0 fully saturated rings. The normalized spacial score (nSPS) is 14.4. The fraction of sp³-hybridized carbons (Fsp3) is 0.574. The molecule has 0 radical (unpaired) electrons. The molecule has 0 aliphatic heterocycles. The fourth-order valence-corrected chi connectivity index (χ4v) is 5.79. The van der Waals surface area contributed by atoms with E-state index in [1.807, 2.05) is 18.2 Å². The lowest BCUT2D eigenvalue weighted by molar-refractivity contribution is -0.161. The number of rotatable bonds is 38. The van der Waals surface area contributed by atoms with Crippen LogP contribution in [0.4, 0.5) is 0 Å².